The summed E-state index contributed by atoms with van der Waals surface area (Å²) >= 11 is 0. The van der Waals surface area contributed by atoms with Crippen molar-refractivity contribution in [2.75, 3.05) is 24.8 Å². The van der Waals surface area contributed by atoms with E-state index in [1.807, 2.05) is 24.3 Å². The van der Waals surface area contributed by atoms with Gasteiger partial charge in [-0.2, -0.15) is 18.2 Å². The minimum atomic E-state index is -4.75. The maximum Gasteiger partial charge on any atom is 0.421 e. The largest absolute Gasteiger partial charge is 0.421 e. The van der Waals surface area contributed by atoms with Crippen LogP contribution in [0.4, 0.5) is 36.3 Å². The van der Waals surface area contributed by atoms with E-state index in [0.717, 1.165) is 31.0 Å². The maximum atomic E-state index is 14.1. The average Bonchev–Trinajstić information content (AvgIpc) is 2.97. The van der Waals surface area contributed by atoms with Crippen LogP contribution >= 0.6 is 0 Å². The highest BCUT2D eigenvalue weighted by molar-refractivity contribution is 6.00. The number of rotatable bonds is 8. The molecule has 232 valence electrons. The Kier molecular flexibility index (Phi) is 7.30. The summed E-state index contributed by atoms with van der Waals surface area (Å²) in [5.41, 5.74) is 6.23. The Hall–Kier alpha value is -4.19. The van der Waals surface area contributed by atoms with Crippen LogP contribution in [0.25, 0.3) is 0 Å². The molecule has 4 aliphatic rings. The second-order valence-corrected chi connectivity index (χ2v) is 12.4. The molecule has 0 aliphatic heterocycles. The Balaban J connectivity index is 1.38. The monoisotopic (exact) mass is 608 g/mol. The molecule has 3 aromatic rings. The molecule has 4 bridgehead atoms. The van der Waals surface area contributed by atoms with Crippen molar-refractivity contribution in [1.29, 1.82) is 0 Å². The smallest absolute Gasteiger partial charge is 0.378 e. The van der Waals surface area contributed by atoms with Gasteiger partial charge < -0.3 is 26.4 Å². The molecule has 2 aromatic carbocycles. The molecule has 4 saturated carbocycles. The van der Waals surface area contributed by atoms with Crippen LogP contribution in [0, 0.1) is 24.2 Å². The standard InChI is InChI=1S/C32H35F3N6O3/c1-17-7-6-9-21(27(42)37-2)25(17)40-26-22(32(33,34)35)15-38-29(41-26)39-23-10-5-4-8-20(23)24-19-11-18-12-30(14-19,28(36)43)16-31(24,13-18)44-3/h4-10,15,18-19,24H,11-14,16H2,1-3H3,(H2,36,43)(H,37,42)(H2,38,39,40,41). The second kappa shape index (κ2) is 10.8. The van der Waals surface area contributed by atoms with Crippen molar-refractivity contribution in [3.8, 4) is 0 Å². The van der Waals surface area contributed by atoms with Crippen molar-refractivity contribution in [1.82, 2.24) is 15.3 Å². The number of nitrogens with zero attached hydrogens (tertiary/aromatic N) is 2. The molecule has 1 heterocycles. The van der Waals surface area contributed by atoms with Gasteiger partial charge in [-0.1, -0.05) is 30.3 Å². The number of alkyl halides is 3. The summed E-state index contributed by atoms with van der Waals surface area (Å²) in [7, 11) is 3.13. The van der Waals surface area contributed by atoms with Crippen molar-refractivity contribution in [2.45, 2.75) is 56.7 Å². The topological polar surface area (TPSA) is 131 Å². The van der Waals surface area contributed by atoms with Gasteiger partial charge in [-0.15, -0.1) is 0 Å². The van der Waals surface area contributed by atoms with Gasteiger partial charge in [0.15, 0.2) is 0 Å². The van der Waals surface area contributed by atoms with E-state index in [9.17, 15) is 22.8 Å². The van der Waals surface area contributed by atoms with Gasteiger partial charge in [-0.05, 0) is 74.1 Å². The number of halogens is 3. The maximum absolute atomic E-state index is 14.1. The number of aromatic nitrogens is 2. The van der Waals surface area contributed by atoms with Crippen molar-refractivity contribution >= 4 is 35.0 Å². The molecule has 9 nitrogen and oxygen atoms in total. The first kappa shape index (κ1) is 29.9. The third-order valence-electron chi connectivity index (χ3n) is 9.83. The number of amides is 2. The number of anilines is 4. The summed E-state index contributed by atoms with van der Waals surface area (Å²) in [6, 6.07) is 12.4. The number of hydrogen-bond acceptors (Lipinski definition) is 7. The molecule has 0 radical (unpaired) electrons. The first-order valence-corrected chi connectivity index (χ1v) is 14.6. The number of nitrogens with two attached hydrogens (primary N) is 1. The number of ether oxygens (including phenoxy) is 1. The molecular formula is C32H35F3N6O3. The molecule has 2 amide bonds. The summed E-state index contributed by atoms with van der Waals surface area (Å²) < 4.78 is 48.6. The zero-order chi connectivity index (χ0) is 31.4. The summed E-state index contributed by atoms with van der Waals surface area (Å²) in [6.45, 7) is 1.69. The van der Waals surface area contributed by atoms with Gasteiger partial charge >= 0.3 is 6.18 Å². The normalized spacial score (nSPS) is 27.2. The summed E-state index contributed by atoms with van der Waals surface area (Å²) in [5.74, 6) is -0.822. The van der Waals surface area contributed by atoms with Crippen LogP contribution in [0.15, 0.2) is 48.7 Å². The molecule has 5 unspecified atom stereocenters. The molecule has 7 rings (SSSR count). The molecule has 5 N–H and O–H groups in total. The van der Waals surface area contributed by atoms with Crippen LogP contribution in [0.5, 0.6) is 0 Å². The molecule has 4 fully saturated rings. The Morgan fingerprint density at radius 3 is 2.55 bits per heavy atom. The third-order valence-corrected chi connectivity index (χ3v) is 9.83. The van der Waals surface area contributed by atoms with E-state index < -0.39 is 34.5 Å². The lowest BCUT2D eigenvalue weighted by atomic mass is 9.43. The fourth-order valence-electron chi connectivity index (χ4n) is 8.22. The number of benzene rings is 2. The molecule has 0 saturated heterocycles. The lowest BCUT2D eigenvalue weighted by molar-refractivity contribution is -0.197. The fraction of sp³-hybridized carbons (Fsp3) is 0.438. The van der Waals surface area contributed by atoms with Gasteiger partial charge in [0.2, 0.25) is 11.9 Å². The van der Waals surface area contributed by atoms with Crippen molar-refractivity contribution in [3.05, 3.63) is 70.9 Å². The lowest BCUT2D eigenvalue weighted by Crippen LogP contribution is -2.63. The van der Waals surface area contributed by atoms with Gasteiger partial charge in [-0.3, -0.25) is 9.59 Å². The van der Waals surface area contributed by atoms with E-state index in [2.05, 4.69) is 25.9 Å². The number of nitrogens with one attached hydrogen (secondary N) is 3. The number of carbonyl (C=O) groups excluding carboxylic acids is 2. The van der Waals surface area contributed by atoms with Gasteiger partial charge in [0.1, 0.15) is 11.4 Å². The van der Waals surface area contributed by atoms with E-state index in [-0.39, 0.29) is 34.9 Å². The first-order valence-electron chi connectivity index (χ1n) is 14.6. The summed E-state index contributed by atoms with van der Waals surface area (Å²) in [6.07, 6.45) is -0.263. The van der Waals surface area contributed by atoms with Gasteiger partial charge in [0.25, 0.3) is 5.91 Å². The quantitative estimate of drug-likeness (QED) is 0.254. The fourth-order valence-corrected chi connectivity index (χ4v) is 8.22. The van der Waals surface area contributed by atoms with E-state index in [4.69, 9.17) is 10.5 Å². The number of para-hydroxylation sites is 2. The van der Waals surface area contributed by atoms with Crippen LogP contribution < -0.4 is 21.7 Å². The van der Waals surface area contributed by atoms with E-state index in [1.165, 1.54) is 13.1 Å². The van der Waals surface area contributed by atoms with E-state index in [1.54, 1.807) is 26.2 Å². The molecule has 0 spiro atoms. The van der Waals surface area contributed by atoms with Crippen LogP contribution in [0.2, 0.25) is 0 Å². The van der Waals surface area contributed by atoms with Gasteiger partial charge in [0, 0.05) is 32.0 Å². The zero-order valence-electron chi connectivity index (χ0n) is 24.7. The Bertz CT molecular complexity index is 1630. The third kappa shape index (κ3) is 4.94. The molecule has 4 aliphatic carbocycles. The minimum absolute atomic E-state index is 0.0492. The van der Waals surface area contributed by atoms with Crippen molar-refractivity contribution in [2.24, 2.45) is 23.0 Å². The molecule has 12 heteroatoms. The first-order chi connectivity index (χ1) is 20.9. The van der Waals surface area contributed by atoms with Crippen LogP contribution in [-0.4, -0.2) is 41.5 Å². The van der Waals surface area contributed by atoms with Crippen LogP contribution in [0.3, 0.4) is 0 Å². The highest BCUT2D eigenvalue weighted by Crippen LogP contribution is 2.68. The predicted octanol–water partition coefficient (Wildman–Crippen LogP) is 5.81. The molecular weight excluding hydrogens is 573 g/mol. The molecule has 5 atom stereocenters. The SMILES string of the molecule is CNC(=O)c1cccc(C)c1Nc1nc(Nc2ccccc2C2C3CC4CC(C(N)=O)(C3)CC2(OC)C4)ncc1C(F)(F)F. The highest BCUT2D eigenvalue weighted by Gasteiger charge is 2.65. The lowest BCUT2D eigenvalue weighted by Gasteiger charge is -2.64. The molecule has 44 heavy (non-hydrogen) atoms. The van der Waals surface area contributed by atoms with Crippen LogP contribution in [-0.2, 0) is 15.7 Å². The van der Waals surface area contributed by atoms with Crippen molar-refractivity contribution < 1.29 is 27.5 Å². The Morgan fingerprint density at radius 2 is 1.84 bits per heavy atom. The number of hydrogen-bond donors (Lipinski definition) is 4. The van der Waals surface area contributed by atoms with Gasteiger partial charge in [-0.25, -0.2) is 4.98 Å². The predicted molar refractivity (Wildman–Crippen MR) is 159 cm³/mol. The minimum Gasteiger partial charge on any atom is -0.378 e. The Labute approximate surface area is 253 Å². The van der Waals surface area contributed by atoms with E-state index in [0.29, 0.717) is 30.0 Å². The zero-order valence-corrected chi connectivity index (χ0v) is 24.7. The van der Waals surface area contributed by atoms with Crippen molar-refractivity contribution in [3.63, 3.8) is 0 Å². The van der Waals surface area contributed by atoms with Gasteiger partial charge in [0.05, 0.1) is 22.3 Å². The number of methoxy groups -OCH3 is 1. The Morgan fingerprint density at radius 1 is 1.07 bits per heavy atom. The number of carbonyl (C=O) groups is 2. The van der Waals surface area contributed by atoms with Crippen LogP contribution in [0.1, 0.15) is 65.1 Å². The van der Waals surface area contributed by atoms with E-state index >= 15 is 0 Å². The summed E-state index contributed by atoms with van der Waals surface area (Å²) in [5, 5.41) is 8.46. The second-order valence-electron chi connectivity index (χ2n) is 12.4. The number of aryl methyl sites for hydroxylation is 1. The number of primary amides is 1. The molecule has 1 aromatic heterocycles. The average molecular weight is 609 g/mol. The summed E-state index contributed by atoms with van der Waals surface area (Å²) in [4.78, 5) is 33.5. The highest BCUT2D eigenvalue weighted by atomic mass is 19.4.